The van der Waals surface area contributed by atoms with Crippen LogP contribution in [0, 0.1) is 5.92 Å². The van der Waals surface area contributed by atoms with Crippen LogP contribution in [0.5, 0.6) is 5.75 Å². The summed E-state index contributed by atoms with van der Waals surface area (Å²) < 4.78 is 34.0. The molecule has 38 heavy (non-hydrogen) atoms. The second-order valence-corrected chi connectivity index (χ2v) is 13.6. The van der Waals surface area contributed by atoms with Gasteiger partial charge >= 0.3 is 0 Å². The summed E-state index contributed by atoms with van der Waals surface area (Å²) in [7, 11) is -2.04. The Hall–Kier alpha value is -2.72. The van der Waals surface area contributed by atoms with E-state index in [0.29, 0.717) is 46.5 Å². The van der Waals surface area contributed by atoms with Crippen molar-refractivity contribution >= 4 is 27.3 Å². The molecule has 4 rings (SSSR count). The lowest BCUT2D eigenvalue weighted by molar-refractivity contribution is 0.0999. The highest BCUT2D eigenvalue weighted by atomic mass is 32.2. The highest BCUT2D eigenvalue weighted by Gasteiger charge is 2.30. The van der Waals surface area contributed by atoms with E-state index in [-0.39, 0.29) is 6.04 Å². The van der Waals surface area contributed by atoms with E-state index >= 15 is 0 Å². The molecule has 204 valence electrons. The van der Waals surface area contributed by atoms with Gasteiger partial charge in [0, 0.05) is 48.1 Å². The third-order valence-corrected chi connectivity index (χ3v) is 10.4. The van der Waals surface area contributed by atoms with Crippen LogP contribution in [0.1, 0.15) is 58.6 Å². The lowest BCUT2D eigenvalue weighted by atomic mass is 10.0. The van der Waals surface area contributed by atoms with E-state index in [2.05, 4.69) is 43.4 Å². The molecular formula is C29H37N3O4S2. The van der Waals surface area contributed by atoms with Gasteiger partial charge in [0.2, 0.25) is 5.91 Å². The summed E-state index contributed by atoms with van der Waals surface area (Å²) in [6.45, 7) is 6.20. The van der Waals surface area contributed by atoms with E-state index in [1.807, 2.05) is 0 Å². The fourth-order valence-electron chi connectivity index (χ4n) is 4.89. The first kappa shape index (κ1) is 28.3. The fraction of sp³-hybridized carbons (Fsp3) is 0.414. The second kappa shape index (κ2) is 12.4. The zero-order valence-corrected chi connectivity index (χ0v) is 23.9. The lowest BCUT2D eigenvalue weighted by Crippen LogP contribution is -2.44. The molecule has 1 saturated heterocycles. The number of methoxy groups -OCH3 is 1. The molecule has 1 fully saturated rings. The average molecular weight is 556 g/mol. The van der Waals surface area contributed by atoms with E-state index in [9.17, 15) is 13.2 Å². The molecule has 2 heterocycles. The smallest absolute Gasteiger partial charge is 0.252 e. The monoisotopic (exact) mass is 555 g/mol. The maximum Gasteiger partial charge on any atom is 0.252 e. The number of nitrogens with zero attached hydrogens (tertiary/aromatic N) is 1. The van der Waals surface area contributed by atoms with E-state index in [1.54, 1.807) is 34.6 Å². The maximum absolute atomic E-state index is 13.4. The van der Waals surface area contributed by atoms with Gasteiger partial charge in [-0.25, -0.2) is 8.42 Å². The first-order valence-corrected chi connectivity index (χ1v) is 15.3. The largest absolute Gasteiger partial charge is 0.496 e. The summed E-state index contributed by atoms with van der Waals surface area (Å²) in [6.07, 6.45) is 2.99. The first-order valence-electron chi connectivity index (χ1n) is 13.0. The Morgan fingerprint density at radius 1 is 1.08 bits per heavy atom. The Kier molecular flexibility index (Phi) is 9.25. The Morgan fingerprint density at radius 3 is 2.39 bits per heavy atom. The molecule has 1 aliphatic heterocycles. The van der Waals surface area contributed by atoms with Gasteiger partial charge in [-0.1, -0.05) is 44.2 Å². The third-order valence-electron chi connectivity index (χ3n) is 6.92. The molecule has 9 heteroatoms. The molecule has 0 unspecified atom stereocenters. The number of benzene rings is 2. The summed E-state index contributed by atoms with van der Waals surface area (Å²) >= 11 is 1.23. The van der Waals surface area contributed by atoms with Gasteiger partial charge in [-0.2, -0.15) is 4.31 Å². The molecule has 0 atom stereocenters. The number of hydrogen-bond donors (Lipinski definition) is 2. The van der Waals surface area contributed by atoms with Crippen molar-refractivity contribution in [3.05, 3.63) is 81.7 Å². The summed E-state index contributed by atoms with van der Waals surface area (Å²) in [6, 6.07) is 17.6. The van der Waals surface area contributed by atoms with Crippen LogP contribution in [0.4, 0.5) is 0 Å². The van der Waals surface area contributed by atoms with Crippen molar-refractivity contribution in [2.45, 2.75) is 56.3 Å². The molecule has 0 aliphatic carbocycles. The molecule has 3 N–H and O–H groups in total. The number of amides is 1. The number of hydrogen-bond acceptors (Lipinski definition) is 6. The molecule has 2 aromatic carbocycles. The SMILES string of the molecule is COc1cccc(C(N)=O)c1Cc1ccc(S(=O)(=O)N2CCC(NCc3ccc(CC(C)C)cc3)CC2)s1. The van der Waals surface area contributed by atoms with Crippen LogP contribution in [-0.4, -0.2) is 44.9 Å². The molecule has 1 aromatic heterocycles. The number of rotatable bonds is 11. The predicted octanol–water partition coefficient (Wildman–Crippen LogP) is 4.59. The number of piperidine rings is 1. The van der Waals surface area contributed by atoms with Crippen molar-refractivity contribution in [3.63, 3.8) is 0 Å². The second-order valence-electron chi connectivity index (χ2n) is 10.2. The molecule has 0 radical (unpaired) electrons. The van der Waals surface area contributed by atoms with Crippen LogP contribution in [0.2, 0.25) is 0 Å². The minimum atomic E-state index is -3.58. The average Bonchev–Trinajstić information content (AvgIpc) is 3.38. The van der Waals surface area contributed by atoms with Gasteiger partial charge in [0.05, 0.1) is 7.11 Å². The van der Waals surface area contributed by atoms with Crippen LogP contribution in [-0.2, 0) is 29.4 Å². The molecule has 0 saturated carbocycles. The van der Waals surface area contributed by atoms with Gasteiger partial charge in [-0.15, -0.1) is 11.3 Å². The van der Waals surface area contributed by atoms with Crippen molar-refractivity contribution in [2.75, 3.05) is 20.2 Å². The van der Waals surface area contributed by atoms with Gasteiger partial charge in [-0.05, 0) is 60.6 Å². The summed E-state index contributed by atoms with van der Waals surface area (Å²) in [5.74, 6) is 0.659. The molecule has 3 aromatic rings. The zero-order chi connectivity index (χ0) is 27.3. The normalized spacial score (nSPS) is 15.2. The number of thiophene rings is 1. The Balaban J connectivity index is 1.34. The molecule has 0 spiro atoms. The maximum atomic E-state index is 13.4. The highest BCUT2D eigenvalue weighted by Crippen LogP contribution is 2.31. The molecule has 7 nitrogen and oxygen atoms in total. The van der Waals surface area contributed by atoms with Crippen LogP contribution in [0.25, 0.3) is 0 Å². The number of carbonyl (C=O) groups excluding carboxylic acids is 1. The van der Waals surface area contributed by atoms with Crippen LogP contribution < -0.4 is 15.8 Å². The van der Waals surface area contributed by atoms with E-state index in [1.165, 1.54) is 29.6 Å². The predicted molar refractivity (Wildman–Crippen MR) is 152 cm³/mol. The molecule has 1 aliphatic rings. The van der Waals surface area contributed by atoms with Crippen LogP contribution >= 0.6 is 11.3 Å². The Labute approximate surface area is 230 Å². The molecule has 1 amide bonds. The quantitative estimate of drug-likeness (QED) is 0.360. The number of carbonyl (C=O) groups is 1. The summed E-state index contributed by atoms with van der Waals surface area (Å²) in [5.41, 5.74) is 9.19. The fourth-order valence-corrected chi connectivity index (χ4v) is 7.88. The van der Waals surface area contributed by atoms with Gasteiger partial charge in [0.15, 0.2) is 0 Å². The first-order chi connectivity index (χ1) is 18.2. The Bertz CT molecular complexity index is 1340. The van der Waals surface area contributed by atoms with E-state index in [4.69, 9.17) is 10.5 Å². The summed E-state index contributed by atoms with van der Waals surface area (Å²) in [5, 5.41) is 3.60. The van der Waals surface area contributed by atoms with E-state index < -0.39 is 15.9 Å². The number of primary amides is 1. The number of nitrogens with one attached hydrogen (secondary N) is 1. The number of sulfonamides is 1. The van der Waals surface area contributed by atoms with Crippen molar-refractivity contribution in [1.82, 2.24) is 9.62 Å². The molecule has 0 bridgehead atoms. The topological polar surface area (TPSA) is 102 Å². The van der Waals surface area contributed by atoms with Crippen LogP contribution in [0.15, 0.2) is 58.8 Å². The van der Waals surface area contributed by atoms with Gasteiger partial charge in [0.1, 0.15) is 9.96 Å². The third kappa shape index (κ3) is 6.83. The van der Waals surface area contributed by atoms with Crippen molar-refractivity contribution in [3.8, 4) is 5.75 Å². The van der Waals surface area contributed by atoms with Crippen molar-refractivity contribution in [1.29, 1.82) is 0 Å². The standard InChI is InChI=1S/C29H37N3O4S2/c1-20(2)17-21-7-9-22(10-8-21)19-31-23-13-15-32(16-14-23)38(34,35)28-12-11-24(37-28)18-26-25(29(30)33)5-4-6-27(26)36-3/h4-12,20,23,31H,13-19H2,1-3H3,(H2,30,33). The summed E-state index contributed by atoms with van der Waals surface area (Å²) in [4.78, 5) is 12.7. The lowest BCUT2D eigenvalue weighted by Gasteiger charge is -2.31. The molecular weight excluding hydrogens is 518 g/mol. The van der Waals surface area contributed by atoms with Crippen LogP contribution in [0.3, 0.4) is 0 Å². The van der Waals surface area contributed by atoms with Gasteiger partial charge in [-0.3, -0.25) is 4.79 Å². The van der Waals surface area contributed by atoms with Crippen molar-refractivity contribution in [2.24, 2.45) is 11.7 Å². The van der Waals surface area contributed by atoms with Gasteiger partial charge < -0.3 is 15.8 Å². The van der Waals surface area contributed by atoms with E-state index in [0.717, 1.165) is 30.7 Å². The minimum Gasteiger partial charge on any atom is -0.496 e. The number of ether oxygens (including phenoxy) is 1. The minimum absolute atomic E-state index is 0.286. The van der Waals surface area contributed by atoms with Gasteiger partial charge in [0.25, 0.3) is 10.0 Å². The Morgan fingerprint density at radius 2 is 1.76 bits per heavy atom. The number of nitrogens with two attached hydrogens (primary N) is 1. The van der Waals surface area contributed by atoms with Crippen molar-refractivity contribution < 1.29 is 17.9 Å². The zero-order valence-electron chi connectivity index (χ0n) is 22.3. The highest BCUT2D eigenvalue weighted by molar-refractivity contribution is 7.91.